The minimum Gasteiger partial charge on any atom is -0.423 e. The van der Waals surface area contributed by atoms with Gasteiger partial charge in [0.25, 0.3) is 21.9 Å². The van der Waals surface area contributed by atoms with Crippen LogP contribution in [-0.2, 0) is 24.0 Å². The average molecular weight is 512 g/mol. The summed E-state index contributed by atoms with van der Waals surface area (Å²) < 4.78 is 36.8. The molecule has 0 saturated heterocycles. The van der Waals surface area contributed by atoms with E-state index in [9.17, 15) is 27.6 Å². The molecule has 0 aromatic heterocycles. The highest BCUT2D eigenvalue weighted by molar-refractivity contribution is 7.86. The van der Waals surface area contributed by atoms with Crippen LogP contribution in [0.5, 0.6) is 5.75 Å². The molecule has 2 unspecified atom stereocenters. The second-order valence-electron chi connectivity index (χ2n) is 10.4. The molecule has 0 spiro atoms. The molecule has 1 heterocycles. The van der Waals surface area contributed by atoms with E-state index in [2.05, 4.69) is 6.58 Å². The number of hydroxylamine groups is 2. The highest BCUT2D eigenvalue weighted by atomic mass is 32.2. The fourth-order valence-electron chi connectivity index (χ4n) is 5.93. The molecule has 2 aromatic carbocycles. The molecule has 2 bridgehead atoms. The van der Waals surface area contributed by atoms with Crippen LogP contribution < -0.4 is 4.74 Å². The van der Waals surface area contributed by atoms with Crippen molar-refractivity contribution in [1.82, 2.24) is 5.06 Å². The van der Waals surface area contributed by atoms with Gasteiger partial charge in [-0.3, -0.25) is 14.4 Å². The summed E-state index contributed by atoms with van der Waals surface area (Å²) in [7, 11) is -4.52. The predicted octanol–water partition coefficient (Wildman–Crippen LogP) is 3.57. The molecule has 0 N–H and O–H groups in total. The van der Waals surface area contributed by atoms with Gasteiger partial charge in [-0.2, -0.15) is 8.42 Å². The summed E-state index contributed by atoms with van der Waals surface area (Å²) >= 11 is 0. The molecule has 2 saturated carbocycles. The quantitative estimate of drug-likeness (QED) is 0.250. The van der Waals surface area contributed by atoms with E-state index < -0.39 is 44.5 Å². The number of fused-ring (bicyclic) bond motifs is 2. The second-order valence-corrected chi connectivity index (χ2v) is 11.9. The zero-order valence-corrected chi connectivity index (χ0v) is 20.9. The molecule has 5 rings (SSSR count). The first-order valence-electron chi connectivity index (χ1n) is 11.6. The largest absolute Gasteiger partial charge is 0.423 e. The molecule has 2 amide bonds. The van der Waals surface area contributed by atoms with Gasteiger partial charge in [0.15, 0.2) is 0 Å². The number of ketones is 1. The van der Waals surface area contributed by atoms with Crippen molar-refractivity contribution in [3.8, 4) is 5.75 Å². The molecule has 0 radical (unpaired) electrons. The van der Waals surface area contributed by atoms with E-state index in [4.69, 9.17) is 9.02 Å². The number of carbonyl (C=O) groups is 4. The molecule has 2 aliphatic carbocycles. The van der Waals surface area contributed by atoms with Crippen molar-refractivity contribution in [3.05, 3.63) is 53.6 Å². The van der Waals surface area contributed by atoms with Gasteiger partial charge in [-0.25, -0.2) is 4.79 Å². The van der Waals surface area contributed by atoms with E-state index in [0.717, 1.165) is 6.42 Å². The lowest BCUT2D eigenvalue weighted by Gasteiger charge is -2.36. The normalized spacial score (nSPS) is 24.5. The number of esters is 1. The first-order valence-corrected chi connectivity index (χ1v) is 13.1. The summed E-state index contributed by atoms with van der Waals surface area (Å²) in [6.45, 7) is 8.76. The van der Waals surface area contributed by atoms with Crippen LogP contribution in [0.2, 0.25) is 0 Å². The highest BCUT2D eigenvalue weighted by Gasteiger charge is 2.65. The van der Waals surface area contributed by atoms with Crippen LogP contribution in [0.15, 0.2) is 42.5 Å². The molecule has 36 heavy (non-hydrogen) atoms. The minimum absolute atomic E-state index is 0.0299. The molecule has 2 atom stereocenters. The summed E-state index contributed by atoms with van der Waals surface area (Å²) in [5.74, 6) is -3.29. The Bertz CT molecular complexity index is 1510. The van der Waals surface area contributed by atoms with E-state index >= 15 is 0 Å². The number of benzene rings is 2. The van der Waals surface area contributed by atoms with Crippen molar-refractivity contribution in [2.75, 3.05) is 5.75 Å². The van der Waals surface area contributed by atoms with Crippen LogP contribution in [0.25, 0.3) is 10.8 Å². The Balaban J connectivity index is 1.50. The number of hydrogen-bond acceptors (Lipinski definition) is 8. The van der Waals surface area contributed by atoms with Crippen molar-refractivity contribution in [2.45, 2.75) is 40.0 Å². The first-order chi connectivity index (χ1) is 16.8. The lowest BCUT2D eigenvalue weighted by Crippen LogP contribution is -2.46. The van der Waals surface area contributed by atoms with Gasteiger partial charge >= 0.3 is 5.97 Å². The fourth-order valence-corrected chi connectivity index (χ4v) is 7.63. The molecule has 188 valence electrons. The van der Waals surface area contributed by atoms with Crippen LogP contribution in [-0.4, -0.2) is 42.8 Å². The van der Waals surface area contributed by atoms with Crippen molar-refractivity contribution < 1.29 is 36.6 Å². The smallest absolute Gasteiger partial charge is 0.338 e. The molecular weight excluding hydrogens is 486 g/mol. The Morgan fingerprint density at radius 2 is 1.83 bits per heavy atom. The predicted molar refractivity (Wildman–Crippen MR) is 128 cm³/mol. The van der Waals surface area contributed by atoms with Crippen LogP contribution >= 0.6 is 0 Å². The van der Waals surface area contributed by atoms with Crippen LogP contribution in [0.3, 0.4) is 0 Å². The average Bonchev–Trinajstić information content (AvgIpc) is 3.14. The van der Waals surface area contributed by atoms with Crippen molar-refractivity contribution in [2.24, 2.45) is 16.7 Å². The Kier molecular flexibility index (Phi) is 5.28. The molecule has 10 heteroatoms. The number of hydrogen-bond donors (Lipinski definition) is 0. The Morgan fingerprint density at radius 1 is 1.14 bits per heavy atom. The molecule has 9 nitrogen and oxygen atoms in total. The van der Waals surface area contributed by atoms with Gasteiger partial charge in [0.05, 0.1) is 22.3 Å². The van der Waals surface area contributed by atoms with Crippen LogP contribution in [0, 0.1) is 16.7 Å². The van der Waals surface area contributed by atoms with Gasteiger partial charge in [-0.15, -0.1) is 9.35 Å². The number of Topliss-reactive ketones (excluding diaryl/α,β-unsaturated/α-hetero) is 1. The van der Waals surface area contributed by atoms with Gasteiger partial charge in [-0.1, -0.05) is 32.6 Å². The van der Waals surface area contributed by atoms with Gasteiger partial charge in [0.1, 0.15) is 11.5 Å². The van der Waals surface area contributed by atoms with Gasteiger partial charge in [-0.05, 0) is 54.7 Å². The van der Waals surface area contributed by atoms with E-state index in [1.165, 1.54) is 25.1 Å². The summed E-state index contributed by atoms with van der Waals surface area (Å²) in [6, 6.07) is 7.41. The standard InChI is InChI=1S/C26H25NO8S/c1-14(2)24(31)34-17-10-15-6-5-7-18-21(15)19(12-17)23(30)27(22(18)29)35-36(32,33)13-26-9-8-16(11-20(26)28)25(26,3)4/h5-7,10,12,16H,1,8-9,11,13H2,2-4H3. The van der Waals surface area contributed by atoms with E-state index in [1.807, 2.05) is 13.8 Å². The Morgan fingerprint density at radius 3 is 2.44 bits per heavy atom. The third-order valence-corrected chi connectivity index (χ3v) is 9.31. The van der Waals surface area contributed by atoms with E-state index in [1.54, 1.807) is 12.1 Å². The number of amides is 2. The number of carbonyl (C=O) groups excluding carboxylic acids is 4. The third-order valence-electron chi connectivity index (χ3n) is 8.09. The lowest BCUT2D eigenvalue weighted by molar-refractivity contribution is -0.130. The monoisotopic (exact) mass is 511 g/mol. The highest BCUT2D eigenvalue weighted by Crippen LogP contribution is 2.64. The number of ether oxygens (including phenoxy) is 1. The molecular formula is C26H25NO8S. The zero-order chi connectivity index (χ0) is 26.2. The molecule has 2 fully saturated rings. The summed E-state index contributed by atoms with van der Waals surface area (Å²) in [6.07, 6.45) is 1.45. The Labute approximate surface area is 208 Å². The lowest BCUT2D eigenvalue weighted by atomic mass is 9.70. The minimum atomic E-state index is -4.52. The molecule has 1 aliphatic heterocycles. The number of imide groups is 1. The zero-order valence-electron chi connectivity index (χ0n) is 20.1. The maximum absolute atomic E-state index is 13.3. The van der Waals surface area contributed by atoms with Crippen LogP contribution in [0.4, 0.5) is 0 Å². The molecule has 2 aromatic rings. The third kappa shape index (κ3) is 3.42. The van der Waals surface area contributed by atoms with Gasteiger partial charge in [0, 0.05) is 17.4 Å². The van der Waals surface area contributed by atoms with Crippen LogP contribution in [0.1, 0.15) is 60.7 Å². The van der Waals surface area contributed by atoms with E-state index in [0.29, 0.717) is 23.6 Å². The number of nitrogens with zero attached hydrogens (tertiary/aromatic N) is 1. The maximum Gasteiger partial charge on any atom is 0.338 e. The van der Waals surface area contributed by atoms with E-state index in [-0.39, 0.29) is 39.2 Å². The molecule has 3 aliphatic rings. The maximum atomic E-state index is 13.3. The second kappa shape index (κ2) is 7.81. The number of rotatable bonds is 6. The fraction of sp³-hybridized carbons (Fsp3) is 0.385. The van der Waals surface area contributed by atoms with Gasteiger partial charge in [0.2, 0.25) is 0 Å². The topological polar surface area (TPSA) is 124 Å². The Hall–Kier alpha value is -3.37. The van der Waals surface area contributed by atoms with Crippen molar-refractivity contribution in [1.29, 1.82) is 0 Å². The summed E-state index contributed by atoms with van der Waals surface area (Å²) in [5, 5.41) is 0.962. The SMILES string of the molecule is C=C(C)C(=O)Oc1cc2c3c(cccc3c1)C(=O)N(OS(=O)(=O)CC13CCC(CC1=O)C3(C)C)C2=O. The van der Waals surface area contributed by atoms with Gasteiger partial charge < -0.3 is 4.74 Å². The summed E-state index contributed by atoms with van der Waals surface area (Å²) in [4.78, 5) is 51.4. The van der Waals surface area contributed by atoms with Crippen molar-refractivity contribution in [3.63, 3.8) is 0 Å². The van der Waals surface area contributed by atoms with Crippen molar-refractivity contribution >= 4 is 44.5 Å². The first kappa shape index (κ1) is 24.3. The summed E-state index contributed by atoms with van der Waals surface area (Å²) in [5.41, 5.74) is -1.52.